The van der Waals surface area contributed by atoms with Gasteiger partial charge in [-0.2, -0.15) is 0 Å². The van der Waals surface area contributed by atoms with Crippen LogP contribution < -0.4 is 5.32 Å². The largest absolute Gasteiger partial charge is 0.326 e. The predicted molar refractivity (Wildman–Crippen MR) is 115 cm³/mol. The van der Waals surface area contributed by atoms with Crippen molar-refractivity contribution in [2.45, 2.75) is 47.5 Å². The number of aryl methyl sites for hydroxylation is 5. The molecule has 0 radical (unpaired) electrons. The molecule has 4 rings (SSSR count). The summed E-state index contributed by atoms with van der Waals surface area (Å²) in [7, 11) is 0. The van der Waals surface area contributed by atoms with E-state index >= 15 is 0 Å². The number of anilines is 1. The molecule has 0 fully saturated rings. The number of aromatic nitrogens is 4. The Hall–Kier alpha value is -3.35. The minimum absolute atomic E-state index is 0.170. The number of nitrogens with zero attached hydrogens (tertiary/aromatic N) is 4. The van der Waals surface area contributed by atoms with Crippen LogP contribution in [0.4, 0.5) is 10.1 Å². The van der Waals surface area contributed by atoms with Gasteiger partial charge in [0, 0.05) is 29.2 Å². The number of halogens is 1. The van der Waals surface area contributed by atoms with Crippen molar-refractivity contribution >= 4 is 28.3 Å². The van der Waals surface area contributed by atoms with Crippen LogP contribution >= 0.6 is 0 Å². The number of pyridine rings is 1. The average Bonchev–Trinajstić information content (AvgIpc) is 3.03. The molecule has 6 nitrogen and oxygen atoms in total. The van der Waals surface area contributed by atoms with Crippen molar-refractivity contribution in [1.82, 2.24) is 19.6 Å². The third-order valence-corrected chi connectivity index (χ3v) is 5.47. The summed E-state index contributed by atoms with van der Waals surface area (Å²) in [5.41, 5.74) is 7.28. The number of carbonyl (C=O) groups is 1. The van der Waals surface area contributed by atoms with Gasteiger partial charge in [0.2, 0.25) is 5.91 Å². The molecule has 0 atom stereocenters. The van der Waals surface area contributed by atoms with Crippen molar-refractivity contribution in [3.63, 3.8) is 0 Å². The molecule has 7 heteroatoms. The van der Waals surface area contributed by atoms with Crippen LogP contribution in [-0.4, -0.2) is 25.5 Å². The van der Waals surface area contributed by atoms with Crippen LogP contribution in [0.1, 0.15) is 40.2 Å². The van der Waals surface area contributed by atoms with E-state index in [1.165, 1.54) is 6.07 Å². The third kappa shape index (κ3) is 3.51. The zero-order valence-corrected chi connectivity index (χ0v) is 17.8. The van der Waals surface area contributed by atoms with Crippen LogP contribution in [0.2, 0.25) is 0 Å². The monoisotopic (exact) mass is 405 g/mol. The Bertz CT molecular complexity index is 1310. The molecule has 1 amide bonds. The summed E-state index contributed by atoms with van der Waals surface area (Å²) in [5.74, 6) is -0.505. The topological polar surface area (TPSA) is 72.2 Å². The van der Waals surface area contributed by atoms with Gasteiger partial charge in [0.1, 0.15) is 5.82 Å². The summed E-state index contributed by atoms with van der Waals surface area (Å²) in [6.45, 7) is 9.61. The first-order valence-electron chi connectivity index (χ1n) is 9.93. The normalized spacial score (nSPS) is 11.4. The molecule has 0 saturated carbocycles. The van der Waals surface area contributed by atoms with Gasteiger partial charge in [-0.3, -0.25) is 4.79 Å². The summed E-state index contributed by atoms with van der Waals surface area (Å²) < 4.78 is 15.5. The average molecular weight is 405 g/mol. The van der Waals surface area contributed by atoms with E-state index in [4.69, 9.17) is 4.98 Å². The number of rotatable bonds is 4. The smallest absolute Gasteiger partial charge is 0.224 e. The molecule has 154 valence electrons. The van der Waals surface area contributed by atoms with E-state index in [0.717, 1.165) is 39.2 Å². The number of hydrogen-bond donors (Lipinski definition) is 1. The zero-order chi connectivity index (χ0) is 21.6. The van der Waals surface area contributed by atoms with Crippen LogP contribution in [0.15, 0.2) is 24.3 Å². The van der Waals surface area contributed by atoms with Crippen LogP contribution in [-0.2, 0) is 11.2 Å². The Morgan fingerprint density at radius 2 is 1.83 bits per heavy atom. The highest BCUT2D eigenvalue weighted by atomic mass is 19.1. The maximum atomic E-state index is 13.7. The molecule has 0 saturated heterocycles. The minimum Gasteiger partial charge on any atom is -0.326 e. The van der Waals surface area contributed by atoms with Crippen LogP contribution in [0.5, 0.6) is 0 Å². The molecule has 0 spiro atoms. The summed E-state index contributed by atoms with van der Waals surface area (Å²) in [6, 6.07) is 6.72. The number of hydrogen-bond acceptors (Lipinski definition) is 4. The van der Waals surface area contributed by atoms with Gasteiger partial charge in [0.05, 0.1) is 5.39 Å². The fraction of sp³-hybridized carbons (Fsp3) is 0.304. The van der Waals surface area contributed by atoms with E-state index in [1.54, 1.807) is 19.1 Å². The SMILES string of the molecule is Cc1cc(C)c2c(n1)nn1c(C)c(CCC(=O)Nc3ccc(C)c(F)c3)c(C)nc21. The van der Waals surface area contributed by atoms with E-state index in [9.17, 15) is 9.18 Å². The first-order valence-corrected chi connectivity index (χ1v) is 9.93. The van der Waals surface area contributed by atoms with Gasteiger partial charge in [-0.1, -0.05) is 6.07 Å². The lowest BCUT2D eigenvalue weighted by Crippen LogP contribution is -2.14. The van der Waals surface area contributed by atoms with Gasteiger partial charge < -0.3 is 5.32 Å². The fourth-order valence-corrected chi connectivity index (χ4v) is 3.86. The standard InChI is InChI=1S/C23H24FN5O/c1-12-6-7-17(11-19(12)24)27-20(30)9-8-18-15(4)26-23-21-13(2)10-14(3)25-22(21)28-29(23)16(18)5/h6-7,10-11H,8-9H2,1-5H3,(H,27,30). The number of carbonyl (C=O) groups excluding carboxylic acids is 1. The van der Waals surface area contributed by atoms with Crippen molar-refractivity contribution in [2.24, 2.45) is 0 Å². The lowest BCUT2D eigenvalue weighted by atomic mass is 10.1. The second kappa shape index (κ2) is 7.48. The Kier molecular flexibility index (Phi) is 4.97. The molecular weight excluding hydrogens is 381 g/mol. The van der Waals surface area contributed by atoms with Crippen LogP contribution in [0.25, 0.3) is 16.7 Å². The number of amides is 1. The van der Waals surface area contributed by atoms with Crippen molar-refractivity contribution in [2.75, 3.05) is 5.32 Å². The molecule has 0 aliphatic carbocycles. The number of fused-ring (bicyclic) bond motifs is 3. The quantitative estimate of drug-likeness (QED) is 0.541. The Balaban J connectivity index is 1.61. The van der Waals surface area contributed by atoms with Gasteiger partial charge >= 0.3 is 0 Å². The first kappa shape index (κ1) is 19.9. The van der Waals surface area contributed by atoms with Crippen molar-refractivity contribution in [3.05, 3.63) is 63.9 Å². The van der Waals surface area contributed by atoms with E-state index < -0.39 is 0 Å². The Morgan fingerprint density at radius 3 is 2.57 bits per heavy atom. The molecule has 0 unspecified atom stereocenters. The first-order chi connectivity index (χ1) is 14.2. The van der Waals surface area contributed by atoms with Gasteiger partial charge in [-0.25, -0.2) is 18.9 Å². The van der Waals surface area contributed by atoms with Crippen molar-refractivity contribution in [3.8, 4) is 0 Å². The highest BCUT2D eigenvalue weighted by molar-refractivity contribution is 5.93. The van der Waals surface area contributed by atoms with Gasteiger partial charge in [0.25, 0.3) is 0 Å². The summed E-state index contributed by atoms with van der Waals surface area (Å²) in [4.78, 5) is 21.7. The maximum absolute atomic E-state index is 13.7. The minimum atomic E-state index is -0.334. The second-order valence-corrected chi connectivity index (χ2v) is 7.79. The van der Waals surface area contributed by atoms with Gasteiger partial charge in [-0.15, -0.1) is 5.10 Å². The summed E-state index contributed by atoms with van der Waals surface area (Å²) in [6.07, 6.45) is 0.782. The van der Waals surface area contributed by atoms with Crippen LogP contribution in [0, 0.1) is 40.4 Å². The zero-order valence-electron chi connectivity index (χ0n) is 17.8. The lowest BCUT2D eigenvalue weighted by Gasteiger charge is -2.11. The predicted octanol–water partition coefficient (Wildman–Crippen LogP) is 4.53. The van der Waals surface area contributed by atoms with E-state index in [-0.39, 0.29) is 18.1 Å². The molecule has 4 aromatic rings. The molecule has 0 bridgehead atoms. The van der Waals surface area contributed by atoms with Crippen molar-refractivity contribution in [1.29, 1.82) is 0 Å². The highest BCUT2D eigenvalue weighted by Gasteiger charge is 2.17. The molecular formula is C23H24FN5O. The fourth-order valence-electron chi connectivity index (χ4n) is 3.86. The molecule has 3 heterocycles. The highest BCUT2D eigenvalue weighted by Crippen LogP contribution is 2.25. The lowest BCUT2D eigenvalue weighted by molar-refractivity contribution is -0.116. The molecule has 0 aliphatic rings. The summed E-state index contributed by atoms with van der Waals surface area (Å²) >= 11 is 0. The molecule has 1 aromatic carbocycles. The molecule has 30 heavy (non-hydrogen) atoms. The Labute approximate surface area is 174 Å². The van der Waals surface area contributed by atoms with Gasteiger partial charge in [0.15, 0.2) is 11.3 Å². The number of nitrogens with one attached hydrogen (secondary N) is 1. The van der Waals surface area contributed by atoms with E-state index in [2.05, 4.69) is 15.4 Å². The summed E-state index contributed by atoms with van der Waals surface area (Å²) in [5, 5.41) is 8.37. The van der Waals surface area contributed by atoms with E-state index in [1.807, 2.05) is 38.3 Å². The molecule has 0 aliphatic heterocycles. The van der Waals surface area contributed by atoms with E-state index in [0.29, 0.717) is 23.3 Å². The van der Waals surface area contributed by atoms with Crippen LogP contribution in [0.3, 0.4) is 0 Å². The van der Waals surface area contributed by atoms with Gasteiger partial charge in [-0.05, 0) is 75.9 Å². The maximum Gasteiger partial charge on any atom is 0.224 e. The van der Waals surface area contributed by atoms with Crippen molar-refractivity contribution < 1.29 is 9.18 Å². The molecule has 1 N–H and O–H groups in total. The molecule has 3 aromatic heterocycles. The third-order valence-electron chi connectivity index (χ3n) is 5.47. The second-order valence-electron chi connectivity index (χ2n) is 7.79. The Morgan fingerprint density at radius 1 is 1.07 bits per heavy atom. The number of benzene rings is 1.